The summed E-state index contributed by atoms with van der Waals surface area (Å²) in [5.41, 5.74) is 2.97. The number of hydrogen-bond acceptors (Lipinski definition) is 2. The molecule has 0 saturated carbocycles. The van der Waals surface area contributed by atoms with E-state index < -0.39 is 0 Å². The maximum absolute atomic E-state index is 12.0. The van der Waals surface area contributed by atoms with E-state index in [0.29, 0.717) is 0 Å². The van der Waals surface area contributed by atoms with Crippen LogP contribution in [-0.2, 0) is 0 Å². The quantitative estimate of drug-likeness (QED) is 0.876. The van der Waals surface area contributed by atoms with Crippen LogP contribution in [0.1, 0.15) is 20.8 Å². The smallest absolute Gasteiger partial charge is 0.265 e. The van der Waals surface area contributed by atoms with Crippen LogP contribution in [0.3, 0.4) is 0 Å². The molecule has 0 atom stereocenters. The van der Waals surface area contributed by atoms with E-state index in [2.05, 4.69) is 21.2 Å². The van der Waals surface area contributed by atoms with Gasteiger partial charge in [0.05, 0.1) is 4.88 Å². The van der Waals surface area contributed by atoms with E-state index in [1.807, 2.05) is 43.5 Å². The van der Waals surface area contributed by atoms with Gasteiger partial charge in [0.15, 0.2) is 0 Å². The van der Waals surface area contributed by atoms with Crippen LogP contribution in [0, 0.1) is 13.8 Å². The third-order valence-corrected chi connectivity index (χ3v) is 4.37. The molecule has 0 aliphatic rings. The van der Waals surface area contributed by atoms with E-state index in [1.54, 1.807) is 0 Å². The summed E-state index contributed by atoms with van der Waals surface area (Å²) in [5.74, 6) is -0.0479. The van der Waals surface area contributed by atoms with Crippen molar-refractivity contribution in [1.82, 2.24) is 0 Å². The Morgan fingerprint density at radius 3 is 2.59 bits per heavy atom. The summed E-state index contributed by atoms with van der Waals surface area (Å²) in [6.07, 6.45) is 0. The molecule has 0 saturated heterocycles. The lowest BCUT2D eigenvalue weighted by Gasteiger charge is -2.06. The number of nitrogens with one attached hydrogen (secondary N) is 1. The first-order valence-electron chi connectivity index (χ1n) is 5.19. The Hall–Kier alpha value is -1.13. The van der Waals surface area contributed by atoms with Gasteiger partial charge < -0.3 is 5.32 Å². The van der Waals surface area contributed by atoms with Gasteiger partial charge in [-0.3, -0.25) is 4.79 Å². The molecule has 1 aromatic heterocycles. The zero-order valence-corrected chi connectivity index (χ0v) is 12.0. The lowest BCUT2D eigenvalue weighted by molar-refractivity contribution is 0.103. The number of anilines is 1. The molecule has 1 N–H and O–H groups in total. The molecular formula is C13H12BrNOS. The third kappa shape index (κ3) is 2.76. The first-order chi connectivity index (χ1) is 8.08. The minimum Gasteiger partial charge on any atom is -0.321 e. The molecule has 1 heterocycles. The van der Waals surface area contributed by atoms with E-state index in [1.165, 1.54) is 11.3 Å². The standard InChI is InChI=1S/C13H12BrNOS/c1-8-3-4-10(7-11(8)14)15-13(16)12-9(2)5-6-17-12/h3-7H,1-2H3,(H,15,16). The van der Waals surface area contributed by atoms with Crippen molar-refractivity contribution in [2.45, 2.75) is 13.8 Å². The Morgan fingerprint density at radius 1 is 1.24 bits per heavy atom. The molecule has 0 radical (unpaired) electrons. The molecular weight excluding hydrogens is 298 g/mol. The molecule has 2 nitrogen and oxygen atoms in total. The maximum atomic E-state index is 12.0. The molecule has 4 heteroatoms. The summed E-state index contributed by atoms with van der Waals surface area (Å²) in [6.45, 7) is 3.95. The van der Waals surface area contributed by atoms with Gasteiger partial charge in [0.2, 0.25) is 0 Å². The number of halogens is 1. The summed E-state index contributed by atoms with van der Waals surface area (Å²) < 4.78 is 0.998. The zero-order valence-electron chi connectivity index (χ0n) is 9.58. The number of carbonyl (C=O) groups is 1. The van der Waals surface area contributed by atoms with Gasteiger partial charge in [-0.2, -0.15) is 0 Å². The second kappa shape index (κ2) is 5.02. The van der Waals surface area contributed by atoms with E-state index >= 15 is 0 Å². The second-order valence-corrected chi connectivity index (χ2v) is 5.62. The molecule has 0 aliphatic carbocycles. The number of rotatable bonds is 2. The number of amides is 1. The molecule has 0 aliphatic heterocycles. The molecule has 0 spiro atoms. The number of thiophene rings is 1. The number of benzene rings is 1. The van der Waals surface area contributed by atoms with Gasteiger partial charge in [0.25, 0.3) is 5.91 Å². The number of carbonyl (C=O) groups excluding carboxylic acids is 1. The Balaban J connectivity index is 2.19. The monoisotopic (exact) mass is 309 g/mol. The van der Waals surface area contributed by atoms with Gasteiger partial charge >= 0.3 is 0 Å². The van der Waals surface area contributed by atoms with Gasteiger partial charge in [-0.05, 0) is 48.6 Å². The average Bonchev–Trinajstić information content (AvgIpc) is 2.70. The van der Waals surface area contributed by atoms with Crippen molar-refractivity contribution in [2.24, 2.45) is 0 Å². The summed E-state index contributed by atoms with van der Waals surface area (Å²) in [6, 6.07) is 7.74. The summed E-state index contributed by atoms with van der Waals surface area (Å²) >= 11 is 4.91. The Labute approximate surface area is 113 Å². The fraction of sp³-hybridized carbons (Fsp3) is 0.154. The molecule has 1 aromatic carbocycles. The first kappa shape index (κ1) is 12.3. The Morgan fingerprint density at radius 2 is 2.00 bits per heavy atom. The number of hydrogen-bond donors (Lipinski definition) is 1. The highest BCUT2D eigenvalue weighted by atomic mass is 79.9. The lowest BCUT2D eigenvalue weighted by Crippen LogP contribution is -2.11. The van der Waals surface area contributed by atoms with E-state index in [4.69, 9.17) is 0 Å². The average molecular weight is 310 g/mol. The van der Waals surface area contributed by atoms with Crippen LogP contribution in [0.2, 0.25) is 0 Å². The van der Waals surface area contributed by atoms with Gasteiger partial charge in [-0.1, -0.05) is 22.0 Å². The van der Waals surface area contributed by atoms with Gasteiger partial charge in [-0.15, -0.1) is 11.3 Å². The van der Waals surface area contributed by atoms with Crippen LogP contribution in [-0.4, -0.2) is 5.91 Å². The lowest BCUT2D eigenvalue weighted by atomic mass is 10.2. The topological polar surface area (TPSA) is 29.1 Å². The molecule has 2 aromatic rings. The summed E-state index contributed by atoms with van der Waals surface area (Å²) in [7, 11) is 0. The van der Waals surface area contributed by atoms with E-state index in [9.17, 15) is 4.79 Å². The van der Waals surface area contributed by atoms with E-state index in [0.717, 1.165) is 26.2 Å². The zero-order chi connectivity index (χ0) is 12.4. The normalized spacial score (nSPS) is 10.3. The molecule has 0 bridgehead atoms. The summed E-state index contributed by atoms with van der Waals surface area (Å²) in [4.78, 5) is 12.7. The highest BCUT2D eigenvalue weighted by Gasteiger charge is 2.10. The summed E-state index contributed by atoms with van der Waals surface area (Å²) in [5, 5.41) is 4.82. The molecule has 17 heavy (non-hydrogen) atoms. The van der Waals surface area contributed by atoms with Crippen molar-refractivity contribution in [3.63, 3.8) is 0 Å². The maximum Gasteiger partial charge on any atom is 0.265 e. The predicted octanol–water partition coefficient (Wildman–Crippen LogP) is 4.38. The fourth-order valence-corrected chi connectivity index (χ4v) is 2.66. The van der Waals surface area contributed by atoms with Crippen LogP contribution in [0.5, 0.6) is 0 Å². The van der Waals surface area contributed by atoms with Crippen LogP contribution in [0.25, 0.3) is 0 Å². The van der Waals surface area contributed by atoms with Gasteiger partial charge in [0.1, 0.15) is 0 Å². The van der Waals surface area contributed by atoms with Crippen LogP contribution >= 0.6 is 27.3 Å². The van der Waals surface area contributed by atoms with Crippen molar-refractivity contribution in [2.75, 3.05) is 5.32 Å². The number of aryl methyl sites for hydroxylation is 2. The van der Waals surface area contributed by atoms with Crippen molar-refractivity contribution in [3.05, 3.63) is 50.1 Å². The van der Waals surface area contributed by atoms with Gasteiger partial charge in [-0.25, -0.2) is 0 Å². The second-order valence-electron chi connectivity index (χ2n) is 3.85. The van der Waals surface area contributed by atoms with Gasteiger partial charge in [0, 0.05) is 10.2 Å². The largest absolute Gasteiger partial charge is 0.321 e. The van der Waals surface area contributed by atoms with Crippen LogP contribution in [0.4, 0.5) is 5.69 Å². The van der Waals surface area contributed by atoms with Crippen molar-refractivity contribution in [3.8, 4) is 0 Å². The fourth-order valence-electron chi connectivity index (χ4n) is 1.46. The molecule has 2 rings (SSSR count). The van der Waals surface area contributed by atoms with Crippen molar-refractivity contribution < 1.29 is 4.79 Å². The Bertz CT molecular complexity index is 562. The van der Waals surface area contributed by atoms with Crippen LogP contribution < -0.4 is 5.32 Å². The van der Waals surface area contributed by atoms with E-state index in [-0.39, 0.29) is 5.91 Å². The molecule has 0 fully saturated rings. The van der Waals surface area contributed by atoms with Crippen molar-refractivity contribution >= 4 is 38.9 Å². The minimum atomic E-state index is -0.0479. The molecule has 0 unspecified atom stereocenters. The molecule has 1 amide bonds. The first-order valence-corrected chi connectivity index (χ1v) is 6.87. The van der Waals surface area contributed by atoms with Crippen LogP contribution in [0.15, 0.2) is 34.1 Å². The minimum absolute atomic E-state index is 0.0479. The highest BCUT2D eigenvalue weighted by molar-refractivity contribution is 9.10. The Kier molecular flexibility index (Phi) is 3.64. The predicted molar refractivity (Wildman–Crippen MR) is 75.9 cm³/mol. The third-order valence-electron chi connectivity index (χ3n) is 2.50. The van der Waals surface area contributed by atoms with Crippen molar-refractivity contribution in [1.29, 1.82) is 0 Å². The highest BCUT2D eigenvalue weighted by Crippen LogP contribution is 2.22. The SMILES string of the molecule is Cc1ccc(NC(=O)c2sccc2C)cc1Br. The molecule has 88 valence electrons.